The molecule has 24 heavy (non-hydrogen) atoms. The standard InChI is InChI=1S/C20H27NOSi.ClH/c1-19(2,3)23(17-10-6-4-7-11-17,18-12-8-5-9-13-18)22-16-20(21)14-15-20;/h4-13H,14-16,21H2,1-3H3;1H. The zero-order chi connectivity index (χ0) is 16.6. The molecule has 2 aromatic carbocycles. The molecule has 1 saturated carbocycles. The van der Waals surface area contributed by atoms with Crippen LogP contribution in [-0.4, -0.2) is 20.5 Å². The average molecular weight is 362 g/mol. The summed E-state index contributed by atoms with van der Waals surface area (Å²) in [5, 5.41) is 2.67. The number of hydrogen-bond acceptors (Lipinski definition) is 2. The van der Waals surface area contributed by atoms with Crippen molar-refractivity contribution in [1.82, 2.24) is 0 Å². The molecule has 0 aromatic heterocycles. The van der Waals surface area contributed by atoms with Crippen LogP contribution in [0.1, 0.15) is 33.6 Å². The highest BCUT2D eigenvalue weighted by Gasteiger charge is 2.52. The van der Waals surface area contributed by atoms with E-state index in [-0.39, 0.29) is 23.0 Å². The molecule has 1 aliphatic carbocycles. The van der Waals surface area contributed by atoms with Crippen LogP contribution in [0, 0.1) is 0 Å². The molecule has 0 radical (unpaired) electrons. The van der Waals surface area contributed by atoms with Gasteiger partial charge in [0.05, 0.1) is 6.61 Å². The van der Waals surface area contributed by atoms with E-state index in [1.54, 1.807) is 0 Å². The van der Waals surface area contributed by atoms with Gasteiger partial charge in [0, 0.05) is 5.54 Å². The fourth-order valence-electron chi connectivity index (χ4n) is 3.32. The third-order valence-corrected chi connectivity index (χ3v) is 9.87. The SMILES string of the molecule is CC(C)(C)[Si](OCC1(N)CC1)(c1ccccc1)c1ccccc1.Cl. The molecular formula is C20H28ClNOSi. The van der Waals surface area contributed by atoms with Crippen molar-refractivity contribution in [3.8, 4) is 0 Å². The molecule has 2 nitrogen and oxygen atoms in total. The molecule has 2 aromatic rings. The van der Waals surface area contributed by atoms with Crippen molar-refractivity contribution >= 4 is 31.1 Å². The second kappa shape index (κ2) is 7.01. The summed E-state index contributed by atoms with van der Waals surface area (Å²) in [4.78, 5) is 0. The van der Waals surface area contributed by atoms with E-state index in [4.69, 9.17) is 10.2 Å². The lowest BCUT2D eigenvalue weighted by Crippen LogP contribution is -2.67. The van der Waals surface area contributed by atoms with Gasteiger partial charge >= 0.3 is 0 Å². The number of halogens is 1. The zero-order valence-electron chi connectivity index (χ0n) is 14.8. The van der Waals surface area contributed by atoms with Crippen LogP contribution in [0.15, 0.2) is 60.7 Å². The Hall–Kier alpha value is -1.13. The summed E-state index contributed by atoms with van der Waals surface area (Å²) in [6.07, 6.45) is 2.15. The van der Waals surface area contributed by atoms with Gasteiger partial charge in [0.2, 0.25) is 0 Å². The minimum Gasteiger partial charge on any atom is -0.406 e. The maximum atomic E-state index is 6.81. The molecular weight excluding hydrogens is 334 g/mol. The van der Waals surface area contributed by atoms with Crippen molar-refractivity contribution in [2.75, 3.05) is 6.61 Å². The average Bonchev–Trinajstić information content (AvgIpc) is 3.27. The molecule has 3 rings (SSSR count). The lowest BCUT2D eigenvalue weighted by Gasteiger charge is -2.43. The van der Waals surface area contributed by atoms with Crippen LogP contribution in [0.3, 0.4) is 0 Å². The largest absolute Gasteiger partial charge is 0.406 e. The predicted molar refractivity (Wildman–Crippen MR) is 107 cm³/mol. The number of hydrogen-bond donors (Lipinski definition) is 1. The highest BCUT2D eigenvalue weighted by molar-refractivity contribution is 6.99. The van der Waals surface area contributed by atoms with Crippen molar-refractivity contribution in [3.63, 3.8) is 0 Å². The first-order valence-electron chi connectivity index (χ1n) is 8.41. The van der Waals surface area contributed by atoms with Crippen LogP contribution in [-0.2, 0) is 4.43 Å². The fraction of sp³-hybridized carbons (Fsp3) is 0.400. The normalized spacial score (nSPS) is 16.3. The molecule has 1 aliphatic rings. The fourth-order valence-corrected chi connectivity index (χ4v) is 7.98. The van der Waals surface area contributed by atoms with Gasteiger partial charge in [-0.15, -0.1) is 12.4 Å². The molecule has 130 valence electrons. The molecule has 0 spiro atoms. The summed E-state index contributed by atoms with van der Waals surface area (Å²) in [6, 6.07) is 21.5. The monoisotopic (exact) mass is 361 g/mol. The van der Waals surface area contributed by atoms with Crippen LogP contribution in [0.5, 0.6) is 0 Å². The van der Waals surface area contributed by atoms with Gasteiger partial charge in [-0.25, -0.2) is 0 Å². The zero-order valence-corrected chi connectivity index (χ0v) is 16.6. The van der Waals surface area contributed by atoms with Crippen LogP contribution in [0.2, 0.25) is 5.04 Å². The van der Waals surface area contributed by atoms with Crippen molar-refractivity contribution < 1.29 is 4.43 Å². The molecule has 2 N–H and O–H groups in total. The molecule has 0 heterocycles. The quantitative estimate of drug-likeness (QED) is 0.827. The van der Waals surface area contributed by atoms with Crippen LogP contribution < -0.4 is 16.1 Å². The molecule has 0 unspecified atom stereocenters. The molecule has 0 aliphatic heterocycles. The van der Waals surface area contributed by atoms with Crippen molar-refractivity contribution in [3.05, 3.63) is 60.7 Å². The van der Waals surface area contributed by atoms with Gasteiger partial charge in [-0.1, -0.05) is 81.4 Å². The van der Waals surface area contributed by atoms with E-state index in [0.29, 0.717) is 6.61 Å². The first-order valence-corrected chi connectivity index (χ1v) is 10.3. The smallest absolute Gasteiger partial charge is 0.261 e. The topological polar surface area (TPSA) is 35.2 Å². The van der Waals surface area contributed by atoms with Crippen molar-refractivity contribution in [2.45, 2.75) is 44.2 Å². The molecule has 4 heteroatoms. The van der Waals surface area contributed by atoms with Crippen molar-refractivity contribution in [2.24, 2.45) is 5.73 Å². The number of rotatable bonds is 5. The summed E-state index contributed by atoms with van der Waals surface area (Å²) >= 11 is 0. The number of benzene rings is 2. The van der Waals surface area contributed by atoms with Gasteiger partial charge in [0.15, 0.2) is 0 Å². The second-order valence-corrected chi connectivity index (χ2v) is 12.1. The van der Waals surface area contributed by atoms with Crippen LogP contribution >= 0.6 is 12.4 Å². The Morgan fingerprint density at radius 3 is 1.67 bits per heavy atom. The maximum Gasteiger partial charge on any atom is 0.261 e. The summed E-state index contributed by atoms with van der Waals surface area (Å²) in [7, 11) is -2.40. The Balaban J connectivity index is 0.00000208. The van der Waals surface area contributed by atoms with E-state index in [9.17, 15) is 0 Å². The Bertz CT molecular complexity index is 611. The van der Waals surface area contributed by atoms with Gasteiger partial charge in [0.25, 0.3) is 8.32 Å². The Morgan fingerprint density at radius 2 is 1.33 bits per heavy atom. The van der Waals surface area contributed by atoms with E-state index in [1.807, 2.05) is 0 Å². The van der Waals surface area contributed by atoms with Gasteiger partial charge in [-0.3, -0.25) is 0 Å². The van der Waals surface area contributed by atoms with E-state index in [2.05, 4.69) is 81.4 Å². The lowest BCUT2D eigenvalue weighted by atomic mass is 10.2. The molecule has 0 atom stereocenters. The van der Waals surface area contributed by atoms with E-state index in [1.165, 1.54) is 10.4 Å². The first kappa shape index (κ1) is 19.2. The molecule has 0 bridgehead atoms. The Kier molecular flexibility index (Phi) is 5.60. The lowest BCUT2D eigenvalue weighted by molar-refractivity contribution is 0.263. The number of nitrogens with two attached hydrogens (primary N) is 1. The van der Waals surface area contributed by atoms with Gasteiger partial charge in [-0.05, 0) is 28.3 Å². The van der Waals surface area contributed by atoms with Crippen LogP contribution in [0.25, 0.3) is 0 Å². The maximum absolute atomic E-state index is 6.81. The Morgan fingerprint density at radius 1 is 0.917 bits per heavy atom. The van der Waals surface area contributed by atoms with E-state index in [0.717, 1.165) is 12.8 Å². The third kappa shape index (κ3) is 3.59. The molecule has 1 fully saturated rings. The van der Waals surface area contributed by atoms with Gasteiger partial charge in [-0.2, -0.15) is 0 Å². The predicted octanol–water partition coefficient (Wildman–Crippen LogP) is 3.48. The highest BCUT2D eigenvalue weighted by Crippen LogP contribution is 2.39. The highest BCUT2D eigenvalue weighted by atomic mass is 35.5. The minimum absolute atomic E-state index is 0. The molecule has 0 amide bonds. The van der Waals surface area contributed by atoms with Crippen molar-refractivity contribution in [1.29, 1.82) is 0 Å². The van der Waals surface area contributed by atoms with Gasteiger partial charge < -0.3 is 10.2 Å². The summed E-state index contributed by atoms with van der Waals surface area (Å²) in [5.74, 6) is 0. The Labute approximate surface area is 153 Å². The summed E-state index contributed by atoms with van der Waals surface area (Å²) in [6.45, 7) is 7.56. The van der Waals surface area contributed by atoms with Crippen LogP contribution in [0.4, 0.5) is 0 Å². The van der Waals surface area contributed by atoms with Gasteiger partial charge in [0.1, 0.15) is 0 Å². The second-order valence-electron chi connectivity index (χ2n) is 7.81. The summed E-state index contributed by atoms with van der Waals surface area (Å²) in [5.41, 5.74) is 6.25. The van der Waals surface area contributed by atoms with E-state index < -0.39 is 8.32 Å². The van der Waals surface area contributed by atoms with E-state index >= 15 is 0 Å². The summed E-state index contributed by atoms with van der Waals surface area (Å²) < 4.78 is 6.81. The first-order chi connectivity index (χ1) is 10.9. The minimum atomic E-state index is -2.40. The molecule has 0 saturated heterocycles. The third-order valence-electron chi connectivity index (χ3n) is 4.89.